The molecule has 0 aliphatic rings. The molecular weight excluding hydrogens is 224 g/mol. The maximum absolute atomic E-state index is 5.68. The molecule has 0 heterocycles. The Morgan fingerprint density at radius 3 is 2.67 bits per heavy atom. The lowest BCUT2D eigenvalue weighted by Gasteiger charge is -2.21. The second-order valence-corrected chi connectivity index (χ2v) is 4.77. The van der Waals surface area contributed by atoms with Crippen LogP contribution in [0.15, 0.2) is 24.3 Å². The van der Waals surface area contributed by atoms with Gasteiger partial charge in [0.1, 0.15) is 0 Å². The predicted octanol–water partition coefficient (Wildman–Crippen LogP) is 2.18. The summed E-state index contributed by atoms with van der Waals surface area (Å²) in [6.07, 6.45) is 1.18. The van der Waals surface area contributed by atoms with E-state index in [1.54, 1.807) is 0 Å². The zero-order chi connectivity index (χ0) is 13.4. The van der Waals surface area contributed by atoms with Crippen LogP contribution in [0.25, 0.3) is 0 Å². The van der Waals surface area contributed by atoms with Gasteiger partial charge in [-0.3, -0.25) is 0 Å². The highest BCUT2D eigenvalue weighted by Crippen LogP contribution is 2.10. The van der Waals surface area contributed by atoms with Crippen molar-refractivity contribution < 1.29 is 4.74 Å². The van der Waals surface area contributed by atoms with Crippen molar-refractivity contribution in [2.45, 2.75) is 32.9 Å². The third kappa shape index (κ3) is 5.17. The fourth-order valence-electron chi connectivity index (χ4n) is 2.03. The van der Waals surface area contributed by atoms with Gasteiger partial charge in [0.2, 0.25) is 0 Å². The predicted molar refractivity (Wildman–Crippen MR) is 76.6 cm³/mol. The molecule has 0 aliphatic carbocycles. The van der Waals surface area contributed by atoms with Gasteiger partial charge in [0, 0.05) is 26.2 Å². The van der Waals surface area contributed by atoms with Crippen LogP contribution < -0.4 is 5.73 Å². The van der Waals surface area contributed by atoms with Crippen molar-refractivity contribution in [1.82, 2.24) is 4.90 Å². The molecule has 3 nitrogen and oxygen atoms in total. The Labute approximate surface area is 111 Å². The fraction of sp³-hybridized carbons (Fsp3) is 0.600. The molecule has 0 amide bonds. The Morgan fingerprint density at radius 2 is 2.06 bits per heavy atom. The van der Waals surface area contributed by atoms with Crippen molar-refractivity contribution in [3.8, 4) is 0 Å². The van der Waals surface area contributed by atoms with E-state index in [0.717, 1.165) is 26.1 Å². The largest absolute Gasteiger partial charge is 0.377 e. The number of aryl methyl sites for hydroxylation is 1. The number of ether oxygens (including phenoxy) is 1. The van der Waals surface area contributed by atoms with Crippen LogP contribution >= 0.6 is 0 Å². The molecule has 1 unspecified atom stereocenters. The third-order valence-electron chi connectivity index (χ3n) is 3.20. The Balaban J connectivity index is 2.37. The second-order valence-electron chi connectivity index (χ2n) is 4.77. The summed E-state index contributed by atoms with van der Waals surface area (Å²) in [5.74, 6) is 0. The van der Waals surface area contributed by atoms with Crippen molar-refractivity contribution in [3.63, 3.8) is 0 Å². The van der Waals surface area contributed by atoms with E-state index in [4.69, 9.17) is 10.5 Å². The van der Waals surface area contributed by atoms with Crippen LogP contribution in [-0.4, -0.2) is 37.7 Å². The molecule has 102 valence electrons. The third-order valence-corrected chi connectivity index (χ3v) is 3.20. The van der Waals surface area contributed by atoms with Crippen molar-refractivity contribution >= 4 is 0 Å². The molecule has 1 atom stereocenters. The smallest absolute Gasteiger partial charge is 0.0709 e. The van der Waals surface area contributed by atoms with Crippen LogP contribution in [0.2, 0.25) is 0 Å². The van der Waals surface area contributed by atoms with Gasteiger partial charge in [-0.1, -0.05) is 24.3 Å². The zero-order valence-electron chi connectivity index (χ0n) is 11.9. The lowest BCUT2D eigenvalue weighted by atomic mass is 10.1. The normalized spacial score (nSPS) is 12.9. The van der Waals surface area contributed by atoms with E-state index in [-0.39, 0.29) is 6.10 Å². The molecule has 0 bridgehead atoms. The Bertz CT molecular complexity index is 341. The molecule has 0 saturated carbocycles. The molecule has 0 fully saturated rings. The minimum atomic E-state index is 0.189. The molecule has 1 rings (SSSR count). The highest BCUT2D eigenvalue weighted by Gasteiger charge is 2.08. The van der Waals surface area contributed by atoms with Crippen LogP contribution in [0.4, 0.5) is 0 Å². The standard InChI is InChI=1S/C15H26N2O/c1-4-18-15(11-16)9-10-17(3)12-14-8-6-5-7-13(14)2/h5-8,15H,4,9-12,16H2,1-3H3. The van der Waals surface area contributed by atoms with Gasteiger partial charge in [0.05, 0.1) is 6.10 Å². The maximum atomic E-state index is 5.68. The number of rotatable bonds is 8. The number of hydrogen-bond acceptors (Lipinski definition) is 3. The van der Waals surface area contributed by atoms with Crippen LogP contribution in [0, 0.1) is 6.92 Å². The van der Waals surface area contributed by atoms with Gasteiger partial charge in [-0.05, 0) is 38.4 Å². The Morgan fingerprint density at radius 1 is 1.33 bits per heavy atom. The van der Waals surface area contributed by atoms with Gasteiger partial charge in [-0.2, -0.15) is 0 Å². The van der Waals surface area contributed by atoms with Crippen molar-refractivity contribution in [2.24, 2.45) is 5.73 Å². The summed E-state index contributed by atoms with van der Waals surface area (Å²) in [7, 11) is 2.14. The second kappa shape index (κ2) is 8.25. The Kier molecular flexibility index (Phi) is 6.94. The molecule has 18 heavy (non-hydrogen) atoms. The monoisotopic (exact) mass is 250 g/mol. The summed E-state index contributed by atoms with van der Waals surface area (Å²) in [5.41, 5.74) is 8.42. The van der Waals surface area contributed by atoms with Gasteiger partial charge >= 0.3 is 0 Å². The van der Waals surface area contributed by atoms with Gasteiger partial charge in [-0.15, -0.1) is 0 Å². The van der Waals surface area contributed by atoms with E-state index in [1.807, 2.05) is 6.92 Å². The molecule has 3 heteroatoms. The quantitative estimate of drug-likeness (QED) is 0.768. The van der Waals surface area contributed by atoms with E-state index in [1.165, 1.54) is 11.1 Å². The van der Waals surface area contributed by atoms with Gasteiger partial charge in [0.25, 0.3) is 0 Å². The van der Waals surface area contributed by atoms with Gasteiger partial charge in [0.15, 0.2) is 0 Å². The lowest BCUT2D eigenvalue weighted by Crippen LogP contribution is -2.29. The molecule has 0 spiro atoms. The van der Waals surface area contributed by atoms with Crippen molar-refractivity contribution in [1.29, 1.82) is 0 Å². The number of nitrogens with zero attached hydrogens (tertiary/aromatic N) is 1. The molecule has 1 aromatic carbocycles. The van der Waals surface area contributed by atoms with Crippen molar-refractivity contribution in [3.05, 3.63) is 35.4 Å². The average molecular weight is 250 g/mol. The highest BCUT2D eigenvalue weighted by atomic mass is 16.5. The summed E-state index contributed by atoms with van der Waals surface area (Å²) >= 11 is 0. The summed E-state index contributed by atoms with van der Waals surface area (Å²) in [6, 6.07) is 8.53. The molecule has 0 aliphatic heterocycles. The fourth-order valence-corrected chi connectivity index (χ4v) is 2.03. The minimum Gasteiger partial charge on any atom is -0.377 e. The van der Waals surface area contributed by atoms with Crippen LogP contribution in [0.1, 0.15) is 24.5 Å². The van der Waals surface area contributed by atoms with E-state index >= 15 is 0 Å². The first-order chi connectivity index (χ1) is 8.67. The van der Waals surface area contributed by atoms with E-state index < -0.39 is 0 Å². The molecule has 2 N–H and O–H groups in total. The van der Waals surface area contributed by atoms with Gasteiger partial charge < -0.3 is 15.4 Å². The molecule has 0 radical (unpaired) electrons. The van der Waals surface area contributed by atoms with E-state index in [0.29, 0.717) is 6.54 Å². The minimum absolute atomic E-state index is 0.189. The molecule has 0 aromatic heterocycles. The first-order valence-electron chi connectivity index (χ1n) is 6.72. The van der Waals surface area contributed by atoms with Gasteiger partial charge in [-0.25, -0.2) is 0 Å². The van der Waals surface area contributed by atoms with E-state index in [9.17, 15) is 0 Å². The van der Waals surface area contributed by atoms with Crippen molar-refractivity contribution in [2.75, 3.05) is 26.7 Å². The summed E-state index contributed by atoms with van der Waals surface area (Å²) < 4.78 is 5.56. The number of nitrogens with two attached hydrogens (primary N) is 1. The summed E-state index contributed by atoms with van der Waals surface area (Å²) in [4.78, 5) is 2.32. The number of hydrogen-bond donors (Lipinski definition) is 1. The maximum Gasteiger partial charge on any atom is 0.0709 e. The first-order valence-corrected chi connectivity index (χ1v) is 6.72. The zero-order valence-corrected chi connectivity index (χ0v) is 11.9. The van der Waals surface area contributed by atoms with Crippen LogP contribution in [-0.2, 0) is 11.3 Å². The molecule has 1 aromatic rings. The summed E-state index contributed by atoms with van der Waals surface area (Å²) in [5, 5.41) is 0. The molecule has 0 saturated heterocycles. The molecular formula is C15H26N2O. The van der Waals surface area contributed by atoms with E-state index in [2.05, 4.69) is 43.1 Å². The lowest BCUT2D eigenvalue weighted by molar-refractivity contribution is 0.0558. The summed E-state index contributed by atoms with van der Waals surface area (Å²) in [6.45, 7) is 7.51. The van der Waals surface area contributed by atoms with Crippen LogP contribution in [0.3, 0.4) is 0 Å². The van der Waals surface area contributed by atoms with Crippen LogP contribution in [0.5, 0.6) is 0 Å². The topological polar surface area (TPSA) is 38.5 Å². The number of benzene rings is 1. The first kappa shape index (κ1) is 15.2. The SMILES string of the molecule is CCOC(CN)CCN(C)Cc1ccccc1C. The average Bonchev–Trinajstić information content (AvgIpc) is 2.37. The highest BCUT2D eigenvalue weighted by molar-refractivity contribution is 5.25. The Hall–Kier alpha value is -0.900.